The van der Waals surface area contributed by atoms with Crippen molar-refractivity contribution < 1.29 is 98.1 Å². The van der Waals surface area contributed by atoms with Gasteiger partial charge < -0.3 is 9.39 Å². The zero-order chi connectivity index (χ0) is 12.6. The smallest absolute Gasteiger partial charge is 1.00 e. The van der Waals surface area contributed by atoms with Crippen molar-refractivity contribution >= 4 is 0 Å². The summed E-state index contributed by atoms with van der Waals surface area (Å²) < 4.78 is 0. The second-order valence-corrected chi connectivity index (χ2v) is 5.32. The van der Waals surface area contributed by atoms with Crippen molar-refractivity contribution in [2.45, 2.75) is 96.8 Å². The van der Waals surface area contributed by atoms with E-state index in [0.717, 1.165) is 6.42 Å². The molecule has 0 saturated heterocycles. The van der Waals surface area contributed by atoms with Gasteiger partial charge in [0.1, 0.15) is 0 Å². The Hall–Kier alpha value is 2.96. The Kier molecular flexibility index (Phi) is 46.1. The first kappa shape index (κ1) is 30.8. The molecule has 1 N–H and O–H groups in total. The van der Waals surface area contributed by atoms with Crippen LogP contribution in [0.2, 0.25) is 0 Å². The van der Waals surface area contributed by atoms with Gasteiger partial charge in [-0.15, -0.1) is 0 Å². The summed E-state index contributed by atoms with van der Waals surface area (Å²) in [5.41, 5.74) is 0. The Morgan fingerprint density at radius 2 is 0.750 bits per heavy atom. The summed E-state index contributed by atoms with van der Waals surface area (Å²) >= 11 is 0. The van der Waals surface area contributed by atoms with E-state index in [9.17, 15) is 0 Å². The van der Waals surface area contributed by atoms with Crippen molar-refractivity contribution in [3.8, 4) is 0 Å². The minimum atomic E-state index is 0. The SMILES string of the molecule is CCCCCCCCCCCCCCCCO.[H-].[H-].[H-].[Na+].[Na+].[Na+]. The maximum atomic E-state index is 8.64. The largest absolute Gasteiger partial charge is 1.00 e. The second kappa shape index (κ2) is 29.9. The summed E-state index contributed by atoms with van der Waals surface area (Å²) in [6.07, 6.45) is 19.2. The summed E-state index contributed by atoms with van der Waals surface area (Å²) in [5.74, 6) is 0. The predicted molar refractivity (Wildman–Crippen MR) is 80.7 cm³/mol. The molecular weight excluding hydrogens is 277 g/mol. The third-order valence-corrected chi connectivity index (χ3v) is 3.51. The Balaban J connectivity index is -0.0000000853. The topological polar surface area (TPSA) is 20.2 Å². The second-order valence-electron chi connectivity index (χ2n) is 5.32. The molecule has 0 radical (unpaired) electrons. The zero-order valence-electron chi connectivity index (χ0n) is 18.1. The van der Waals surface area contributed by atoms with Gasteiger partial charge in [-0.05, 0) is 6.42 Å². The van der Waals surface area contributed by atoms with Crippen LogP contribution in [0, 0.1) is 0 Å². The summed E-state index contributed by atoms with van der Waals surface area (Å²) in [5, 5.41) is 8.64. The molecule has 1 nitrogen and oxygen atoms in total. The molecular formula is C16H37Na3O. The average molecular weight is 314 g/mol. The number of hydrogen-bond donors (Lipinski definition) is 1. The number of aliphatic hydroxyl groups excluding tert-OH is 1. The van der Waals surface area contributed by atoms with E-state index in [1.165, 1.54) is 83.5 Å². The maximum absolute atomic E-state index is 8.64. The van der Waals surface area contributed by atoms with Crippen LogP contribution in [0.5, 0.6) is 0 Å². The van der Waals surface area contributed by atoms with Crippen LogP contribution < -0.4 is 88.7 Å². The van der Waals surface area contributed by atoms with Gasteiger partial charge in [-0.3, -0.25) is 0 Å². The van der Waals surface area contributed by atoms with E-state index in [2.05, 4.69) is 6.92 Å². The van der Waals surface area contributed by atoms with Crippen LogP contribution in [0.25, 0.3) is 0 Å². The standard InChI is InChI=1S/C16H34O.3Na.3H/c1-2-3-4-5-6-7-8-9-10-11-12-13-14-15-16-17;;;;;;/h17H,2-16H2,1H3;;;;;;/q;3*+1;3*-1. The summed E-state index contributed by atoms with van der Waals surface area (Å²) in [7, 11) is 0. The summed E-state index contributed by atoms with van der Waals surface area (Å²) in [6, 6.07) is 0. The van der Waals surface area contributed by atoms with Crippen molar-refractivity contribution in [3.05, 3.63) is 0 Å². The van der Waals surface area contributed by atoms with Crippen LogP contribution in [-0.2, 0) is 0 Å². The molecule has 0 aromatic rings. The molecule has 0 aromatic carbocycles. The molecule has 0 aromatic heterocycles. The number of rotatable bonds is 14. The molecule has 0 unspecified atom stereocenters. The predicted octanol–water partition coefficient (Wildman–Crippen LogP) is -3.19. The van der Waals surface area contributed by atoms with Gasteiger partial charge in [-0.2, -0.15) is 0 Å². The van der Waals surface area contributed by atoms with Crippen molar-refractivity contribution in [1.82, 2.24) is 0 Å². The van der Waals surface area contributed by atoms with Crippen LogP contribution in [-0.4, -0.2) is 11.7 Å². The van der Waals surface area contributed by atoms with Crippen LogP contribution in [0.15, 0.2) is 0 Å². The van der Waals surface area contributed by atoms with E-state index < -0.39 is 0 Å². The quantitative estimate of drug-likeness (QED) is 0.265. The summed E-state index contributed by atoms with van der Waals surface area (Å²) in [4.78, 5) is 0. The third kappa shape index (κ3) is 29.0. The maximum Gasteiger partial charge on any atom is 1.00 e. The van der Waals surface area contributed by atoms with Gasteiger partial charge in [0.05, 0.1) is 0 Å². The molecule has 0 fully saturated rings. The van der Waals surface area contributed by atoms with Gasteiger partial charge in [0.25, 0.3) is 0 Å². The molecule has 20 heavy (non-hydrogen) atoms. The Morgan fingerprint density at radius 1 is 0.500 bits per heavy atom. The minimum absolute atomic E-state index is 0. The fourth-order valence-electron chi connectivity index (χ4n) is 2.31. The van der Waals surface area contributed by atoms with Crippen molar-refractivity contribution in [2.75, 3.05) is 6.61 Å². The van der Waals surface area contributed by atoms with Crippen LogP contribution in [0.3, 0.4) is 0 Å². The van der Waals surface area contributed by atoms with E-state index in [4.69, 9.17) is 5.11 Å². The molecule has 0 aliphatic carbocycles. The van der Waals surface area contributed by atoms with E-state index in [-0.39, 0.29) is 93.0 Å². The van der Waals surface area contributed by atoms with E-state index in [1.807, 2.05) is 0 Å². The number of aliphatic hydroxyl groups is 1. The molecule has 0 atom stereocenters. The first-order valence-corrected chi connectivity index (χ1v) is 8.02. The average Bonchev–Trinajstić information content (AvgIpc) is 2.35. The third-order valence-electron chi connectivity index (χ3n) is 3.51. The van der Waals surface area contributed by atoms with Crippen LogP contribution >= 0.6 is 0 Å². The zero-order valence-corrected chi connectivity index (χ0v) is 21.1. The van der Waals surface area contributed by atoms with Gasteiger partial charge >= 0.3 is 88.7 Å². The van der Waals surface area contributed by atoms with E-state index in [1.54, 1.807) is 0 Å². The molecule has 0 aliphatic heterocycles. The van der Waals surface area contributed by atoms with Crippen molar-refractivity contribution in [3.63, 3.8) is 0 Å². The Morgan fingerprint density at radius 3 is 1.00 bits per heavy atom. The van der Waals surface area contributed by atoms with Crippen LogP contribution in [0.4, 0.5) is 0 Å². The minimum Gasteiger partial charge on any atom is -1.00 e. The molecule has 110 valence electrons. The van der Waals surface area contributed by atoms with Gasteiger partial charge in [0.2, 0.25) is 0 Å². The monoisotopic (exact) mass is 314 g/mol. The summed E-state index contributed by atoms with van der Waals surface area (Å²) in [6.45, 7) is 2.65. The van der Waals surface area contributed by atoms with Gasteiger partial charge in [-0.1, -0.05) is 90.4 Å². The fraction of sp³-hybridized carbons (Fsp3) is 1.00. The fourth-order valence-corrected chi connectivity index (χ4v) is 2.31. The van der Waals surface area contributed by atoms with E-state index in [0.29, 0.717) is 6.61 Å². The van der Waals surface area contributed by atoms with E-state index >= 15 is 0 Å². The first-order valence-electron chi connectivity index (χ1n) is 8.02. The van der Waals surface area contributed by atoms with Gasteiger partial charge in [0, 0.05) is 6.61 Å². The first-order chi connectivity index (χ1) is 8.41. The van der Waals surface area contributed by atoms with Crippen LogP contribution in [0.1, 0.15) is 101 Å². The molecule has 0 amide bonds. The molecule has 0 spiro atoms. The van der Waals surface area contributed by atoms with Crippen molar-refractivity contribution in [1.29, 1.82) is 0 Å². The molecule has 0 heterocycles. The Labute approximate surface area is 199 Å². The van der Waals surface area contributed by atoms with Crippen molar-refractivity contribution in [2.24, 2.45) is 0 Å². The number of hydrogen-bond acceptors (Lipinski definition) is 1. The number of unbranched alkanes of at least 4 members (excludes halogenated alkanes) is 13. The van der Waals surface area contributed by atoms with Gasteiger partial charge in [0.15, 0.2) is 0 Å². The molecule has 0 bridgehead atoms. The Bertz CT molecular complexity index is 134. The molecule has 0 saturated carbocycles. The normalized spacial score (nSPS) is 9.30. The molecule has 0 aliphatic rings. The molecule has 0 rings (SSSR count). The molecule has 4 heteroatoms. The van der Waals surface area contributed by atoms with Gasteiger partial charge in [-0.25, -0.2) is 0 Å².